The van der Waals surface area contributed by atoms with Crippen molar-refractivity contribution in [3.8, 4) is 11.5 Å². The first-order valence-corrected chi connectivity index (χ1v) is 11.6. The van der Waals surface area contributed by atoms with Gasteiger partial charge < -0.3 is 19.4 Å². The fraction of sp³-hybridized carbons (Fsp3) is 0.565. The van der Waals surface area contributed by atoms with Crippen molar-refractivity contribution in [1.29, 1.82) is 0 Å². The van der Waals surface area contributed by atoms with Crippen LogP contribution in [0.1, 0.15) is 51.5 Å². The van der Waals surface area contributed by atoms with Crippen LogP contribution in [0.25, 0.3) is 10.9 Å². The number of H-pyrrole nitrogens is 1. The van der Waals surface area contributed by atoms with Gasteiger partial charge in [-0.05, 0) is 49.4 Å². The Morgan fingerprint density at radius 1 is 1.09 bits per heavy atom. The van der Waals surface area contributed by atoms with Crippen LogP contribution in [-0.4, -0.2) is 74.5 Å². The normalized spacial score (nSPS) is 18.2. The molecule has 1 saturated heterocycles. The van der Waals surface area contributed by atoms with E-state index in [2.05, 4.69) is 58.0 Å². The summed E-state index contributed by atoms with van der Waals surface area (Å²) in [5.41, 5.74) is 0.927. The van der Waals surface area contributed by atoms with Gasteiger partial charge in [0.25, 0.3) is 5.56 Å². The van der Waals surface area contributed by atoms with Gasteiger partial charge in [0.05, 0.1) is 11.1 Å². The first-order chi connectivity index (χ1) is 15.9. The lowest BCUT2D eigenvalue weighted by molar-refractivity contribution is 0.105. The molecule has 1 fully saturated rings. The zero-order chi connectivity index (χ0) is 23.2. The van der Waals surface area contributed by atoms with Crippen LogP contribution in [0, 0.1) is 0 Å². The molecular weight excluding hydrogens is 422 g/mol. The van der Waals surface area contributed by atoms with Gasteiger partial charge in [-0.3, -0.25) is 9.69 Å². The van der Waals surface area contributed by atoms with Crippen molar-refractivity contribution in [2.45, 2.75) is 45.7 Å². The average molecular weight is 454 g/mol. The number of benzene rings is 1. The molecule has 0 radical (unpaired) electrons. The number of pyridine rings is 1. The van der Waals surface area contributed by atoms with Gasteiger partial charge >= 0.3 is 0 Å². The Balaban J connectivity index is 1.64. The number of hydrogen-bond donors (Lipinski definition) is 1. The summed E-state index contributed by atoms with van der Waals surface area (Å²) >= 11 is 0. The van der Waals surface area contributed by atoms with Gasteiger partial charge in [-0.2, -0.15) is 0 Å². The molecule has 0 bridgehead atoms. The Morgan fingerprint density at radius 3 is 2.52 bits per heavy atom. The van der Waals surface area contributed by atoms with E-state index in [-0.39, 0.29) is 23.9 Å². The van der Waals surface area contributed by atoms with E-state index in [0.717, 1.165) is 50.0 Å². The zero-order valence-corrected chi connectivity index (χ0v) is 19.7. The van der Waals surface area contributed by atoms with Crippen molar-refractivity contribution < 1.29 is 9.47 Å². The second-order valence-corrected chi connectivity index (χ2v) is 9.33. The number of nitrogens with zero attached hydrogens (tertiary/aromatic N) is 6. The highest BCUT2D eigenvalue weighted by atomic mass is 16.7. The first kappa shape index (κ1) is 21.8. The first-order valence-electron chi connectivity index (χ1n) is 11.6. The summed E-state index contributed by atoms with van der Waals surface area (Å²) in [4.78, 5) is 21.2. The number of hydrogen-bond acceptors (Lipinski definition) is 8. The number of piperazine rings is 1. The number of aromatic nitrogens is 5. The fourth-order valence-electron chi connectivity index (χ4n) is 4.60. The molecule has 2 aliphatic rings. The summed E-state index contributed by atoms with van der Waals surface area (Å²) in [7, 11) is 0. The van der Waals surface area contributed by atoms with E-state index in [4.69, 9.17) is 9.47 Å². The maximum atomic E-state index is 13.4. The molecule has 0 unspecified atom stereocenters. The highest BCUT2D eigenvalue weighted by Gasteiger charge is 2.35. The maximum absolute atomic E-state index is 13.4. The lowest BCUT2D eigenvalue weighted by Gasteiger charge is -2.39. The van der Waals surface area contributed by atoms with E-state index in [0.29, 0.717) is 22.9 Å². The molecule has 3 aromatic rings. The van der Waals surface area contributed by atoms with E-state index >= 15 is 0 Å². The molecule has 5 rings (SSSR count). The molecule has 0 aliphatic carbocycles. The van der Waals surface area contributed by atoms with E-state index in [9.17, 15) is 4.79 Å². The summed E-state index contributed by atoms with van der Waals surface area (Å²) in [5.74, 6) is 2.02. The second-order valence-electron chi connectivity index (χ2n) is 9.33. The summed E-state index contributed by atoms with van der Waals surface area (Å²) in [5, 5.41) is 13.7. The number of rotatable bonds is 6. The van der Waals surface area contributed by atoms with Gasteiger partial charge in [-0.15, -0.1) is 5.10 Å². The molecule has 1 atom stereocenters. The number of tetrazole rings is 1. The third kappa shape index (κ3) is 3.87. The van der Waals surface area contributed by atoms with Gasteiger partial charge in [0.2, 0.25) is 6.79 Å². The predicted octanol–water partition coefficient (Wildman–Crippen LogP) is 2.12. The van der Waals surface area contributed by atoms with Crippen LogP contribution in [0.4, 0.5) is 0 Å². The minimum atomic E-state index is -0.358. The zero-order valence-electron chi connectivity index (χ0n) is 19.7. The smallest absolute Gasteiger partial charge is 0.253 e. The topological polar surface area (TPSA) is 101 Å². The molecule has 33 heavy (non-hydrogen) atoms. The maximum Gasteiger partial charge on any atom is 0.253 e. The minimum absolute atomic E-state index is 0.145. The predicted molar refractivity (Wildman–Crippen MR) is 124 cm³/mol. The Labute approximate surface area is 192 Å². The van der Waals surface area contributed by atoms with E-state index in [1.807, 2.05) is 22.9 Å². The Morgan fingerprint density at radius 2 is 1.82 bits per heavy atom. The van der Waals surface area contributed by atoms with Crippen molar-refractivity contribution >= 4 is 10.9 Å². The van der Waals surface area contributed by atoms with Crippen molar-refractivity contribution in [2.75, 3.05) is 39.5 Å². The van der Waals surface area contributed by atoms with Crippen LogP contribution in [-0.2, 0) is 5.54 Å². The molecule has 0 amide bonds. The van der Waals surface area contributed by atoms with Crippen LogP contribution in [0.2, 0.25) is 0 Å². The Kier molecular flexibility index (Phi) is 5.57. The third-order valence-electron chi connectivity index (χ3n) is 7.06. The molecule has 176 valence electrons. The molecule has 0 spiro atoms. The van der Waals surface area contributed by atoms with Crippen molar-refractivity contribution in [1.82, 2.24) is 35.0 Å². The minimum Gasteiger partial charge on any atom is -0.454 e. The summed E-state index contributed by atoms with van der Waals surface area (Å²) in [6, 6.07) is 5.33. The van der Waals surface area contributed by atoms with Crippen LogP contribution in [0.15, 0.2) is 23.0 Å². The number of likely N-dealkylation sites (N-methyl/N-ethyl adjacent to an activating group) is 1. The van der Waals surface area contributed by atoms with Crippen molar-refractivity contribution in [3.63, 3.8) is 0 Å². The number of ether oxygens (including phenoxy) is 2. The molecule has 0 saturated carbocycles. The lowest BCUT2D eigenvalue weighted by Crippen LogP contribution is -2.49. The molecule has 4 heterocycles. The third-order valence-corrected chi connectivity index (χ3v) is 7.06. The molecule has 1 aromatic carbocycles. The highest BCUT2D eigenvalue weighted by molar-refractivity contribution is 5.83. The van der Waals surface area contributed by atoms with Crippen LogP contribution < -0.4 is 15.0 Å². The van der Waals surface area contributed by atoms with Gasteiger partial charge in [-0.25, -0.2) is 4.68 Å². The van der Waals surface area contributed by atoms with Crippen molar-refractivity contribution in [2.24, 2.45) is 0 Å². The van der Waals surface area contributed by atoms with Crippen molar-refractivity contribution in [3.05, 3.63) is 39.9 Å². The summed E-state index contributed by atoms with van der Waals surface area (Å²) < 4.78 is 12.9. The summed E-state index contributed by atoms with van der Waals surface area (Å²) in [6.07, 6.45) is 0.860. The molecule has 2 aromatic heterocycles. The molecular formula is C23H31N7O3. The van der Waals surface area contributed by atoms with E-state index in [1.54, 1.807) is 0 Å². The quantitative estimate of drug-likeness (QED) is 0.606. The van der Waals surface area contributed by atoms with Gasteiger partial charge in [0.1, 0.15) is 6.04 Å². The van der Waals surface area contributed by atoms with E-state index < -0.39 is 0 Å². The Hall–Kier alpha value is -2.98. The van der Waals surface area contributed by atoms with Gasteiger partial charge in [0.15, 0.2) is 17.3 Å². The monoisotopic (exact) mass is 453 g/mol. The number of aromatic amines is 1. The van der Waals surface area contributed by atoms with Gasteiger partial charge in [0, 0.05) is 43.2 Å². The van der Waals surface area contributed by atoms with E-state index in [1.165, 1.54) is 0 Å². The standard InChI is InChI=1S/C23H31N7O3/c1-5-23(3,4)30-21(25-26-27-30)20(29-9-7-28(6-2)8-10-29)16-11-15-12-18-19(33-14-32-18)13-17(15)24-22(16)31/h11-13,20H,5-10,14H2,1-4H3,(H,24,31)/t20-/m0/s1. The average Bonchev–Trinajstić information content (AvgIpc) is 3.48. The largest absolute Gasteiger partial charge is 0.454 e. The highest BCUT2D eigenvalue weighted by Crippen LogP contribution is 2.37. The van der Waals surface area contributed by atoms with Crippen LogP contribution >= 0.6 is 0 Å². The lowest BCUT2D eigenvalue weighted by atomic mass is 9.98. The van der Waals surface area contributed by atoms with Crippen LogP contribution in [0.3, 0.4) is 0 Å². The molecule has 10 nitrogen and oxygen atoms in total. The van der Waals surface area contributed by atoms with Crippen LogP contribution in [0.5, 0.6) is 11.5 Å². The fourth-order valence-corrected chi connectivity index (χ4v) is 4.60. The van der Waals surface area contributed by atoms with Gasteiger partial charge in [-0.1, -0.05) is 13.8 Å². The number of nitrogens with one attached hydrogen (secondary N) is 1. The molecule has 2 aliphatic heterocycles. The molecule has 10 heteroatoms. The number of fused-ring (bicyclic) bond motifs is 2. The summed E-state index contributed by atoms with van der Waals surface area (Å²) in [6.45, 7) is 13.3. The second kappa shape index (κ2) is 8.42. The Bertz CT molecular complexity index is 1210. The molecule has 1 N–H and O–H groups in total. The SMILES string of the molecule is CCN1CCN([C@@H](c2cc3cc4c(cc3[nH]c2=O)OCO4)c2nnnn2C(C)(C)CC)CC1.